The van der Waals surface area contributed by atoms with Gasteiger partial charge in [-0.15, -0.1) is 11.3 Å². The zero-order valence-corrected chi connectivity index (χ0v) is 7.47. The van der Waals surface area contributed by atoms with Gasteiger partial charge in [-0.2, -0.15) is 0 Å². The quantitative estimate of drug-likeness (QED) is 0.697. The highest BCUT2D eigenvalue weighted by Gasteiger charge is 2.20. The van der Waals surface area contributed by atoms with E-state index in [1.165, 1.54) is 0 Å². The monoisotopic (exact) mass is 182 g/mol. The van der Waals surface area contributed by atoms with E-state index in [0.717, 1.165) is 10.5 Å². The molecular weight excluding hydrogens is 172 g/mol. The van der Waals surface area contributed by atoms with Crippen molar-refractivity contribution in [3.8, 4) is 0 Å². The van der Waals surface area contributed by atoms with Crippen molar-refractivity contribution < 1.29 is 9.47 Å². The van der Waals surface area contributed by atoms with Gasteiger partial charge in [-0.05, 0) is 11.4 Å². The van der Waals surface area contributed by atoms with E-state index in [-0.39, 0.29) is 6.29 Å². The van der Waals surface area contributed by atoms with Gasteiger partial charge >= 0.3 is 0 Å². The minimum absolute atomic E-state index is 0.219. The summed E-state index contributed by atoms with van der Waals surface area (Å²) in [6.45, 7) is 5.29. The van der Waals surface area contributed by atoms with Gasteiger partial charge in [0, 0.05) is 10.5 Å². The predicted molar refractivity (Wildman–Crippen MR) is 49.0 cm³/mol. The summed E-state index contributed by atoms with van der Waals surface area (Å²) in [4.78, 5) is 1.14. The van der Waals surface area contributed by atoms with Crippen LogP contribution in [0.2, 0.25) is 0 Å². The first-order chi connectivity index (χ1) is 5.88. The van der Waals surface area contributed by atoms with Crippen molar-refractivity contribution in [2.24, 2.45) is 0 Å². The Morgan fingerprint density at radius 3 is 2.83 bits per heavy atom. The lowest BCUT2D eigenvalue weighted by Gasteiger charge is -2.09. The first-order valence-corrected chi connectivity index (χ1v) is 4.72. The summed E-state index contributed by atoms with van der Waals surface area (Å²) in [6.07, 6.45) is -0.219. The molecule has 0 N–H and O–H groups in total. The molecule has 3 heteroatoms. The van der Waals surface area contributed by atoms with Crippen molar-refractivity contribution in [3.05, 3.63) is 29.0 Å². The summed E-state index contributed by atoms with van der Waals surface area (Å²) in [5, 5.41) is 2.02. The van der Waals surface area contributed by atoms with E-state index >= 15 is 0 Å². The van der Waals surface area contributed by atoms with Crippen LogP contribution in [0.15, 0.2) is 24.1 Å². The Balaban J connectivity index is 2.09. The fourth-order valence-electron chi connectivity index (χ4n) is 1.14. The molecule has 1 fully saturated rings. The molecule has 0 saturated carbocycles. The van der Waals surface area contributed by atoms with Gasteiger partial charge < -0.3 is 9.47 Å². The van der Waals surface area contributed by atoms with E-state index in [1.54, 1.807) is 11.3 Å². The number of ether oxygens (including phenoxy) is 2. The lowest BCUT2D eigenvalue weighted by atomic mass is 10.2. The van der Waals surface area contributed by atoms with Gasteiger partial charge in [0.25, 0.3) is 0 Å². The largest absolute Gasteiger partial charge is 0.346 e. The van der Waals surface area contributed by atoms with E-state index in [1.807, 2.05) is 17.5 Å². The minimum Gasteiger partial charge on any atom is -0.346 e. The molecule has 2 nitrogen and oxygen atoms in total. The smallest absolute Gasteiger partial charge is 0.184 e. The summed E-state index contributed by atoms with van der Waals surface area (Å²) < 4.78 is 10.6. The Morgan fingerprint density at radius 1 is 1.50 bits per heavy atom. The molecule has 64 valence electrons. The molecule has 1 aliphatic heterocycles. The molecule has 1 aromatic rings. The van der Waals surface area contributed by atoms with Crippen LogP contribution in [0.5, 0.6) is 0 Å². The van der Waals surface area contributed by atoms with E-state index in [9.17, 15) is 0 Å². The van der Waals surface area contributed by atoms with Gasteiger partial charge in [-0.3, -0.25) is 0 Å². The van der Waals surface area contributed by atoms with Crippen molar-refractivity contribution in [3.63, 3.8) is 0 Å². The average molecular weight is 182 g/mol. The topological polar surface area (TPSA) is 18.5 Å². The van der Waals surface area contributed by atoms with Crippen LogP contribution in [-0.4, -0.2) is 19.5 Å². The molecule has 1 saturated heterocycles. The minimum atomic E-state index is -0.219. The standard InChI is InChI=1S/C9H10O2S/c1-7(8-3-2-6-12-8)9-10-4-5-11-9/h2-3,6,9H,1,4-5H2. The SMILES string of the molecule is C=C(c1cccs1)C1OCCO1. The molecule has 0 unspecified atom stereocenters. The Hall–Kier alpha value is -0.640. The first kappa shape index (κ1) is 7.98. The summed E-state index contributed by atoms with van der Waals surface area (Å²) in [7, 11) is 0. The molecule has 1 aromatic heterocycles. The third kappa shape index (κ3) is 1.43. The zero-order chi connectivity index (χ0) is 8.39. The van der Waals surface area contributed by atoms with Crippen LogP contribution in [0.4, 0.5) is 0 Å². The van der Waals surface area contributed by atoms with Crippen molar-refractivity contribution in [2.75, 3.05) is 13.2 Å². The van der Waals surface area contributed by atoms with Crippen LogP contribution in [-0.2, 0) is 9.47 Å². The number of thiophene rings is 1. The van der Waals surface area contributed by atoms with Gasteiger partial charge in [0.05, 0.1) is 13.2 Å². The second-order valence-electron chi connectivity index (χ2n) is 2.58. The molecule has 12 heavy (non-hydrogen) atoms. The Morgan fingerprint density at radius 2 is 2.25 bits per heavy atom. The Labute approximate surface area is 75.4 Å². The molecule has 0 aliphatic carbocycles. The van der Waals surface area contributed by atoms with Gasteiger partial charge in [0.15, 0.2) is 6.29 Å². The number of rotatable bonds is 2. The molecular formula is C9H10O2S. The van der Waals surface area contributed by atoms with E-state index in [0.29, 0.717) is 13.2 Å². The van der Waals surface area contributed by atoms with Crippen LogP contribution >= 0.6 is 11.3 Å². The normalized spacial score (nSPS) is 18.3. The highest BCUT2D eigenvalue weighted by Crippen LogP contribution is 2.25. The molecule has 1 aliphatic rings. The highest BCUT2D eigenvalue weighted by atomic mass is 32.1. The van der Waals surface area contributed by atoms with Gasteiger partial charge in [0.1, 0.15) is 0 Å². The maximum atomic E-state index is 5.32. The van der Waals surface area contributed by atoms with Crippen LogP contribution in [0.1, 0.15) is 4.88 Å². The maximum Gasteiger partial charge on any atom is 0.184 e. The van der Waals surface area contributed by atoms with Crippen LogP contribution in [0.25, 0.3) is 5.57 Å². The molecule has 0 radical (unpaired) electrons. The highest BCUT2D eigenvalue weighted by molar-refractivity contribution is 7.11. The summed E-state index contributed by atoms with van der Waals surface area (Å²) in [5.74, 6) is 0. The third-order valence-corrected chi connectivity index (χ3v) is 2.69. The van der Waals surface area contributed by atoms with Crippen molar-refractivity contribution in [1.82, 2.24) is 0 Å². The maximum absolute atomic E-state index is 5.32. The van der Waals surface area contributed by atoms with E-state index in [2.05, 4.69) is 6.58 Å². The van der Waals surface area contributed by atoms with Gasteiger partial charge in [-0.25, -0.2) is 0 Å². The number of hydrogen-bond donors (Lipinski definition) is 0. The molecule has 0 amide bonds. The summed E-state index contributed by atoms with van der Waals surface area (Å²) in [5.41, 5.74) is 0.933. The lowest BCUT2D eigenvalue weighted by molar-refractivity contribution is 0.00730. The second-order valence-corrected chi connectivity index (χ2v) is 3.52. The summed E-state index contributed by atoms with van der Waals surface area (Å²) >= 11 is 1.66. The molecule has 0 aromatic carbocycles. The van der Waals surface area contributed by atoms with Crippen molar-refractivity contribution >= 4 is 16.9 Å². The average Bonchev–Trinajstić information content (AvgIpc) is 2.77. The number of hydrogen-bond acceptors (Lipinski definition) is 3. The first-order valence-electron chi connectivity index (χ1n) is 3.84. The van der Waals surface area contributed by atoms with Crippen LogP contribution < -0.4 is 0 Å². The van der Waals surface area contributed by atoms with Crippen molar-refractivity contribution in [2.45, 2.75) is 6.29 Å². The molecule has 2 rings (SSSR count). The zero-order valence-electron chi connectivity index (χ0n) is 6.66. The van der Waals surface area contributed by atoms with Crippen molar-refractivity contribution in [1.29, 1.82) is 0 Å². The fourth-order valence-corrected chi connectivity index (χ4v) is 1.85. The fraction of sp³-hybridized carbons (Fsp3) is 0.333. The summed E-state index contributed by atoms with van der Waals surface area (Å²) in [6, 6.07) is 4.03. The van der Waals surface area contributed by atoms with Crippen LogP contribution in [0.3, 0.4) is 0 Å². The molecule has 0 spiro atoms. The Kier molecular flexibility index (Phi) is 2.26. The lowest BCUT2D eigenvalue weighted by Crippen LogP contribution is -2.08. The third-order valence-electron chi connectivity index (χ3n) is 1.74. The molecule has 0 atom stereocenters. The van der Waals surface area contributed by atoms with Gasteiger partial charge in [0.2, 0.25) is 0 Å². The predicted octanol–water partition coefficient (Wildman–Crippen LogP) is 2.13. The molecule has 2 heterocycles. The Bertz CT molecular complexity index is 260. The second kappa shape index (κ2) is 3.39. The van der Waals surface area contributed by atoms with E-state index in [4.69, 9.17) is 9.47 Å². The van der Waals surface area contributed by atoms with E-state index < -0.39 is 0 Å². The van der Waals surface area contributed by atoms with Crippen LogP contribution in [0, 0.1) is 0 Å². The van der Waals surface area contributed by atoms with Gasteiger partial charge in [-0.1, -0.05) is 12.6 Å². The molecule has 0 bridgehead atoms.